The van der Waals surface area contributed by atoms with Crippen LogP contribution in [-0.2, 0) is 9.59 Å². The summed E-state index contributed by atoms with van der Waals surface area (Å²) in [5, 5.41) is 0. The molecule has 176 valence electrons. The number of likely N-dealkylation sites (tertiary alicyclic amines) is 1. The van der Waals surface area contributed by atoms with E-state index in [2.05, 4.69) is 18.8 Å². The molecule has 0 radical (unpaired) electrons. The molecule has 2 aliphatic heterocycles. The normalized spacial score (nSPS) is 20.0. The predicted octanol–water partition coefficient (Wildman–Crippen LogP) is 3.58. The predicted molar refractivity (Wildman–Crippen MR) is 126 cm³/mol. The van der Waals surface area contributed by atoms with Crippen molar-refractivity contribution < 1.29 is 14.3 Å². The van der Waals surface area contributed by atoms with Gasteiger partial charge in [-0.3, -0.25) is 14.5 Å². The fraction of sp³-hybridized carbons (Fsp3) is 0.640. The Morgan fingerprint density at radius 1 is 1.19 bits per heavy atom. The SMILES string of the molecule is CCCCC1(CCCC)N=C(N)N(CCC2CCN(C(=O)COc3ccccc3)C2)C1=O. The third kappa shape index (κ3) is 5.81. The van der Waals surface area contributed by atoms with Crippen LogP contribution < -0.4 is 10.5 Å². The van der Waals surface area contributed by atoms with Gasteiger partial charge < -0.3 is 15.4 Å². The zero-order chi connectivity index (χ0) is 23.0. The summed E-state index contributed by atoms with van der Waals surface area (Å²) in [7, 11) is 0. The summed E-state index contributed by atoms with van der Waals surface area (Å²) in [6.45, 7) is 6.33. The lowest BCUT2D eigenvalue weighted by molar-refractivity contribution is -0.133. The Hall–Kier alpha value is -2.57. The van der Waals surface area contributed by atoms with Crippen LogP contribution in [0.25, 0.3) is 0 Å². The number of hydrogen-bond acceptors (Lipinski definition) is 5. The number of guanidine groups is 1. The molecule has 1 fully saturated rings. The molecule has 0 aromatic heterocycles. The van der Waals surface area contributed by atoms with Crippen molar-refractivity contribution >= 4 is 17.8 Å². The van der Waals surface area contributed by atoms with Crippen LogP contribution in [0.2, 0.25) is 0 Å². The molecule has 1 atom stereocenters. The molecule has 7 heteroatoms. The number of carbonyl (C=O) groups is 2. The number of para-hydroxylation sites is 1. The first kappa shape index (κ1) is 24.1. The average molecular weight is 443 g/mol. The second kappa shape index (κ2) is 11.3. The first-order valence-electron chi connectivity index (χ1n) is 12.1. The number of aliphatic imine (C=N–C) groups is 1. The van der Waals surface area contributed by atoms with Crippen LogP contribution in [0.1, 0.15) is 65.2 Å². The standard InChI is InChI=1S/C25H38N4O3/c1-3-5-14-25(15-6-4-2)23(31)29(24(26)27-25)17-13-20-12-16-28(18-20)22(30)19-32-21-10-8-7-9-11-21/h7-11,20H,3-6,12-19H2,1-2H3,(H2,26,27). The van der Waals surface area contributed by atoms with Crippen LogP contribution in [0.15, 0.2) is 35.3 Å². The van der Waals surface area contributed by atoms with E-state index in [4.69, 9.17) is 10.5 Å². The molecule has 1 saturated heterocycles. The van der Waals surface area contributed by atoms with E-state index >= 15 is 0 Å². The number of unbranched alkanes of at least 4 members (excludes halogenated alkanes) is 2. The maximum Gasteiger partial charge on any atom is 0.260 e. The van der Waals surface area contributed by atoms with E-state index in [-0.39, 0.29) is 18.4 Å². The number of carbonyl (C=O) groups excluding carboxylic acids is 2. The molecule has 2 heterocycles. The number of rotatable bonds is 12. The summed E-state index contributed by atoms with van der Waals surface area (Å²) in [5.41, 5.74) is 5.55. The molecule has 7 nitrogen and oxygen atoms in total. The molecule has 0 spiro atoms. The Balaban J connectivity index is 1.48. The summed E-state index contributed by atoms with van der Waals surface area (Å²) in [4.78, 5) is 34.1. The van der Waals surface area contributed by atoms with Gasteiger partial charge in [0.15, 0.2) is 12.6 Å². The zero-order valence-electron chi connectivity index (χ0n) is 19.6. The van der Waals surface area contributed by atoms with Gasteiger partial charge in [0.25, 0.3) is 11.8 Å². The Morgan fingerprint density at radius 2 is 1.88 bits per heavy atom. The number of amides is 2. The molecule has 2 amide bonds. The largest absolute Gasteiger partial charge is 0.484 e. The molecule has 3 rings (SSSR count). The molecule has 0 saturated carbocycles. The second-order valence-corrected chi connectivity index (χ2v) is 9.05. The van der Waals surface area contributed by atoms with Crippen LogP contribution in [-0.4, -0.2) is 59.4 Å². The summed E-state index contributed by atoms with van der Waals surface area (Å²) < 4.78 is 5.60. The van der Waals surface area contributed by atoms with Crippen molar-refractivity contribution in [3.63, 3.8) is 0 Å². The van der Waals surface area contributed by atoms with Gasteiger partial charge >= 0.3 is 0 Å². The lowest BCUT2D eigenvalue weighted by atomic mass is 9.87. The third-order valence-electron chi connectivity index (χ3n) is 6.64. The number of nitrogens with zero attached hydrogens (tertiary/aromatic N) is 3. The molecule has 1 aromatic carbocycles. The monoisotopic (exact) mass is 442 g/mol. The van der Waals surface area contributed by atoms with Crippen LogP contribution in [0.4, 0.5) is 0 Å². The zero-order valence-corrected chi connectivity index (χ0v) is 19.6. The highest BCUT2D eigenvalue weighted by Crippen LogP contribution is 2.33. The quantitative estimate of drug-likeness (QED) is 0.536. The number of ether oxygens (including phenoxy) is 1. The molecule has 32 heavy (non-hydrogen) atoms. The molecular formula is C25H38N4O3. The first-order chi connectivity index (χ1) is 15.5. The van der Waals surface area contributed by atoms with Gasteiger partial charge in [-0.2, -0.15) is 0 Å². The lowest BCUT2D eigenvalue weighted by Crippen LogP contribution is -2.45. The van der Waals surface area contributed by atoms with Crippen LogP contribution >= 0.6 is 0 Å². The topological polar surface area (TPSA) is 88.2 Å². The van der Waals surface area contributed by atoms with Gasteiger partial charge in [-0.15, -0.1) is 0 Å². The smallest absolute Gasteiger partial charge is 0.260 e. The molecule has 1 unspecified atom stereocenters. The molecule has 1 aromatic rings. The van der Waals surface area contributed by atoms with Gasteiger partial charge in [-0.25, -0.2) is 4.99 Å². The van der Waals surface area contributed by atoms with E-state index in [9.17, 15) is 9.59 Å². The molecular weight excluding hydrogens is 404 g/mol. The van der Waals surface area contributed by atoms with Gasteiger partial charge in [-0.1, -0.05) is 57.7 Å². The van der Waals surface area contributed by atoms with Crippen molar-refractivity contribution in [1.29, 1.82) is 0 Å². The molecule has 2 aliphatic rings. The molecule has 0 bridgehead atoms. The van der Waals surface area contributed by atoms with Crippen molar-refractivity contribution in [2.24, 2.45) is 16.6 Å². The summed E-state index contributed by atoms with van der Waals surface area (Å²) in [5.74, 6) is 1.50. The van der Waals surface area contributed by atoms with Crippen LogP contribution in [0, 0.1) is 5.92 Å². The summed E-state index contributed by atoms with van der Waals surface area (Å²) in [6, 6.07) is 9.39. The first-order valence-corrected chi connectivity index (χ1v) is 12.1. The third-order valence-corrected chi connectivity index (χ3v) is 6.64. The average Bonchev–Trinajstić information content (AvgIpc) is 3.37. The van der Waals surface area contributed by atoms with Crippen molar-refractivity contribution in [1.82, 2.24) is 9.80 Å². The van der Waals surface area contributed by atoms with Crippen molar-refractivity contribution in [2.75, 3.05) is 26.2 Å². The van der Waals surface area contributed by atoms with Crippen molar-refractivity contribution in [3.8, 4) is 5.75 Å². The Kier molecular flexibility index (Phi) is 8.53. The number of hydrogen-bond donors (Lipinski definition) is 1. The summed E-state index contributed by atoms with van der Waals surface area (Å²) >= 11 is 0. The van der Waals surface area contributed by atoms with Gasteiger partial charge in [-0.05, 0) is 43.7 Å². The van der Waals surface area contributed by atoms with Gasteiger partial charge in [0.2, 0.25) is 0 Å². The number of nitrogens with two attached hydrogens (primary N) is 1. The highest BCUT2D eigenvalue weighted by Gasteiger charge is 2.46. The lowest BCUT2D eigenvalue weighted by Gasteiger charge is -2.26. The fourth-order valence-electron chi connectivity index (χ4n) is 4.65. The van der Waals surface area contributed by atoms with Gasteiger partial charge in [0.05, 0.1) is 0 Å². The Labute approximate surface area is 192 Å². The molecule has 2 N–H and O–H groups in total. The highest BCUT2D eigenvalue weighted by atomic mass is 16.5. The van der Waals surface area contributed by atoms with Crippen LogP contribution in [0.3, 0.4) is 0 Å². The second-order valence-electron chi connectivity index (χ2n) is 9.05. The molecule has 0 aliphatic carbocycles. The number of benzene rings is 1. The van der Waals surface area contributed by atoms with E-state index in [0.29, 0.717) is 30.7 Å². The maximum absolute atomic E-state index is 13.3. The van der Waals surface area contributed by atoms with E-state index in [1.54, 1.807) is 4.90 Å². The summed E-state index contributed by atoms with van der Waals surface area (Å²) in [6.07, 6.45) is 7.33. The van der Waals surface area contributed by atoms with E-state index in [1.165, 1.54) is 0 Å². The van der Waals surface area contributed by atoms with Gasteiger partial charge in [0.1, 0.15) is 11.3 Å². The van der Waals surface area contributed by atoms with Crippen LogP contribution in [0.5, 0.6) is 5.75 Å². The van der Waals surface area contributed by atoms with Crippen molar-refractivity contribution in [2.45, 2.75) is 70.8 Å². The fourth-order valence-corrected chi connectivity index (χ4v) is 4.65. The maximum atomic E-state index is 13.3. The minimum Gasteiger partial charge on any atom is -0.484 e. The van der Waals surface area contributed by atoms with E-state index in [0.717, 1.165) is 57.9 Å². The highest BCUT2D eigenvalue weighted by molar-refractivity contribution is 6.06. The minimum absolute atomic E-state index is 0.00725. The minimum atomic E-state index is -0.664. The van der Waals surface area contributed by atoms with Crippen molar-refractivity contribution in [3.05, 3.63) is 30.3 Å². The van der Waals surface area contributed by atoms with Gasteiger partial charge in [0, 0.05) is 19.6 Å². The van der Waals surface area contributed by atoms with E-state index in [1.807, 2.05) is 35.2 Å². The Bertz CT molecular complexity index is 788. The van der Waals surface area contributed by atoms with E-state index < -0.39 is 5.54 Å². The Morgan fingerprint density at radius 3 is 2.53 bits per heavy atom.